The number of para-hydroxylation sites is 1. The van der Waals surface area contributed by atoms with Crippen LogP contribution in [0.1, 0.15) is 46.1 Å². The molecule has 0 aliphatic carbocycles. The molecule has 0 radical (unpaired) electrons. The van der Waals surface area contributed by atoms with Gasteiger partial charge in [0, 0.05) is 30.7 Å². The molecule has 0 bridgehead atoms. The number of aromatic nitrogens is 4. The fourth-order valence-electron chi connectivity index (χ4n) is 3.07. The molecule has 3 aromatic rings. The molecule has 2 amide bonds. The number of carbonyl (C=O) groups is 2. The maximum Gasteiger partial charge on any atom is 0.278 e. The van der Waals surface area contributed by atoms with Crippen LogP contribution in [0.5, 0.6) is 0 Å². The van der Waals surface area contributed by atoms with E-state index >= 15 is 0 Å². The van der Waals surface area contributed by atoms with Crippen molar-refractivity contribution in [3.8, 4) is 0 Å². The molecule has 0 aliphatic heterocycles. The van der Waals surface area contributed by atoms with Gasteiger partial charge in [-0.2, -0.15) is 10.2 Å². The largest absolute Gasteiger partial charge is 0.321 e. The third-order valence-corrected chi connectivity index (χ3v) is 4.49. The Hall–Kier alpha value is -3.42. The molecule has 2 N–H and O–H groups in total. The summed E-state index contributed by atoms with van der Waals surface area (Å²) in [6, 6.07) is 9.12. The van der Waals surface area contributed by atoms with Crippen LogP contribution in [-0.2, 0) is 13.1 Å². The molecule has 0 saturated carbocycles. The minimum absolute atomic E-state index is 0.164. The van der Waals surface area contributed by atoms with Crippen LogP contribution in [0.25, 0.3) is 0 Å². The van der Waals surface area contributed by atoms with Crippen LogP contribution in [0.3, 0.4) is 0 Å². The lowest BCUT2D eigenvalue weighted by Crippen LogP contribution is -2.19. The van der Waals surface area contributed by atoms with Crippen molar-refractivity contribution in [3.05, 3.63) is 59.2 Å². The van der Waals surface area contributed by atoms with Gasteiger partial charge in [0.1, 0.15) is 0 Å². The number of anilines is 2. The minimum atomic E-state index is -0.383. The Kier molecular flexibility index (Phi) is 5.58. The van der Waals surface area contributed by atoms with Crippen LogP contribution >= 0.6 is 0 Å². The molecule has 8 nitrogen and oxygen atoms in total. The first-order chi connectivity index (χ1) is 13.4. The Balaban J connectivity index is 1.88. The Labute approximate surface area is 163 Å². The molecule has 1 aromatic carbocycles. The second-order valence-corrected chi connectivity index (χ2v) is 6.38. The predicted octanol–water partition coefficient (Wildman–Crippen LogP) is 3.24. The molecule has 0 atom stereocenters. The van der Waals surface area contributed by atoms with Crippen molar-refractivity contribution in [2.45, 2.75) is 40.8 Å². The Morgan fingerprint density at radius 2 is 1.68 bits per heavy atom. The second-order valence-electron chi connectivity index (χ2n) is 6.38. The zero-order valence-electron chi connectivity index (χ0n) is 16.5. The second kappa shape index (κ2) is 8.08. The highest BCUT2D eigenvalue weighted by molar-refractivity contribution is 6.12. The zero-order chi connectivity index (χ0) is 20.3. The van der Waals surface area contributed by atoms with Crippen LogP contribution in [0.2, 0.25) is 0 Å². The molecule has 146 valence electrons. The highest BCUT2D eigenvalue weighted by Crippen LogP contribution is 2.20. The van der Waals surface area contributed by atoms with E-state index in [1.807, 2.05) is 39.0 Å². The van der Waals surface area contributed by atoms with Gasteiger partial charge in [-0.15, -0.1) is 0 Å². The summed E-state index contributed by atoms with van der Waals surface area (Å²) in [7, 11) is 0. The maximum atomic E-state index is 12.9. The van der Waals surface area contributed by atoms with E-state index in [2.05, 4.69) is 20.8 Å². The molecule has 0 aliphatic rings. The van der Waals surface area contributed by atoms with E-state index < -0.39 is 0 Å². The summed E-state index contributed by atoms with van der Waals surface area (Å²) in [6.07, 6.45) is 1.66. The molecule has 0 spiro atoms. The van der Waals surface area contributed by atoms with Crippen molar-refractivity contribution < 1.29 is 9.59 Å². The van der Waals surface area contributed by atoms with E-state index in [1.54, 1.807) is 34.6 Å². The maximum absolute atomic E-state index is 12.9. The van der Waals surface area contributed by atoms with Gasteiger partial charge in [-0.1, -0.05) is 18.2 Å². The smallest absolute Gasteiger partial charge is 0.278 e. The quantitative estimate of drug-likeness (QED) is 0.686. The van der Waals surface area contributed by atoms with Gasteiger partial charge in [-0.3, -0.25) is 19.0 Å². The van der Waals surface area contributed by atoms with E-state index in [4.69, 9.17) is 0 Å². The topological polar surface area (TPSA) is 93.8 Å². The lowest BCUT2D eigenvalue weighted by molar-refractivity contribution is 0.102. The molecular weight excluding hydrogens is 356 g/mol. The number of rotatable bonds is 6. The predicted molar refractivity (Wildman–Crippen MR) is 108 cm³/mol. The molecule has 2 heterocycles. The molecule has 2 aromatic heterocycles. The third kappa shape index (κ3) is 3.80. The Morgan fingerprint density at radius 3 is 2.29 bits per heavy atom. The first kappa shape index (κ1) is 19.3. The Bertz CT molecular complexity index is 1000. The van der Waals surface area contributed by atoms with Crippen molar-refractivity contribution in [2.75, 3.05) is 10.6 Å². The van der Waals surface area contributed by atoms with Gasteiger partial charge in [-0.05, 0) is 39.8 Å². The molecule has 8 heteroatoms. The molecule has 0 unspecified atom stereocenters. The van der Waals surface area contributed by atoms with Crippen molar-refractivity contribution in [2.24, 2.45) is 0 Å². The number of aryl methyl sites for hydroxylation is 3. The fourth-order valence-corrected chi connectivity index (χ4v) is 3.07. The SMILES string of the molecule is CCn1cc(NC(=O)c2c(C)nn(CC)c2C)c(C(=O)Nc2ccccc2)n1. The molecule has 28 heavy (non-hydrogen) atoms. The average Bonchev–Trinajstić information content (AvgIpc) is 3.22. The number of hydrogen-bond donors (Lipinski definition) is 2. The summed E-state index contributed by atoms with van der Waals surface area (Å²) in [5, 5.41) is 14.3. The van der Waals surface area contributed by atoms with Gasteiger partial charge in [0.15, 0.2) is 5.69 Å². The number of amides is 2. The summed E-state index contributed by atoms with van der Waals surface area (Å²) >= 11 is 0. The molecular formula is C20H24N6O2. The van der Waals surface area contributed by atoms with Crippen LogP contribution < -0.4 is 10.6 Å². The summed E-state index contributed by atoms with van der Waals surface area (Å²) in [5.41, 5.74) is 3.14. The van der Waals surface area contributed by atoms with Gasteiger partial charge < -0.3 is 10.6 Å². The summed E-state index contributed by atoms with van der Waals surface area (Å²) in [5.74, 6) is -0.689. The first-order valence-electron chi connectivity index (χ1n) is 9.23. The number of benzene rings is 1. The first-order valence-corrected chi connectivity index (χ1v) is 9.23. The fraction of sp³-hybridized carbons (Fsp3) is 0.300. The van der Waals surface area contributed by atoms with Gasteiger partial charge in [-0.25, -0.2) is 0 Å². The zero-order valence-corrected chi connectivity index (χ0v) is 16.5. The molecule has 0 fully saturated rings. The summed E-state index contributed by atoms with van der Waals surface area (Å²) in [4.78, 5) is 25.6. The third-order valence-electron chi connectivity index (χ3n) is 4.49. The van der Waals surface area contributed by atoms with Crippen LogP contribution in [0, 0.1) is 13.8 Å². The Morgan fingerprint density at radius 1 is 0.964 bits per heavy atom. The normalized spacial score (nSPS) is 10.7. The lowest BCUT2D eigenvalue weighted by atomic mass is 10.2. The number of hydrogen-bond acceptors (Lipinski definition) is 4. The summed E-state index contributed by atoms with van der Waals surface area (Å²) < 4.78 is 3.40. The van der Waals surface area contributed by atoms with E-state index in [1.165, 1.54) is 0 Å². The average molecular weight is 380 g/mol. The number of carbonyl (C=O) groups excluding carboxylic acids is 2. The van der Waals surface area contributed by atoms with Crippen molar-refractivity contribution in [1.82, 2.24) is 19.6 Å². The van der Waals surface area contributed by atoms with Crippen molar-refractivity contribution in [3.63, 3.8) is 0 Å². The van der Waals surface area contributed by atoms with E-state index in [0.717, 1.165) is 5.69 Å². The highest BCUT2D eigenvalue weighted by atomic mass is 16.2. The van der Waals surface area contributed by atoms with Crippen LogP contribution in [0.15, 0.2) is 36.5 Å². The van der Waals surface area contributed by atoms with Crippen LogP contribution in [0.4, 0.5) is 11.4 Å². The number of nitrogens with one attached hydrogen (secondary N) is 2. The number of nitrogens with zero attached hydrogens (tertiary/aromatic N) is 4. The standard InChI is InChI=1S/C20H24N6O2/c1-5-25-12-16(18(24-25)20(28)21-15-10-8-7-9-11-15)22-19(27)17-13(3)23-26(6-2)14(17)4/h7-12H,5-6H2,1-4H3,(H,21,28)(H,22,27). The lowest BCUT2D eigenvalue weighted by Gasteiger charge is -2.07. The van der Waals surface area contributed by atoms with Gasteiger partial charge in [0.2, 0.25) is 0 Å². The monoisotopic (exact) mass is 380 g/mol. The van der Waals surface area contributed by atoms with Crippen molar-refractivity contribution >= 4 is 23.2 Å². The minimum Gasteiger partial charge on any atom is -0.321 e. The van der Waals surface area contributed by atoms with E-state index in [9.17, 15) is 9.59 Å². The molecule has 3 rings (SSSR count). The van der Waals surface area contributed by atoms with E-state index in [-0.39, 0.29) is 17.5 Å². The van der Waals surface area contributed by atoms with Crippen LogP contribution in [-0.4, -0.2) is 31.4 Å². The highest BCUT2D eigenvalue weighted by Gasteiger charge is 2.23. The van der Waals surface area contributed by atoms with Gasteiger partial charge in [0.25, 0.3) is 11.8 Å². The molecule has 0 saturated heterocycles. The van der Waals surface area contributed by atoms with Gasteiger partial charge >= 0.3 is 0 Å². The van der Waals surface area contributed by atoms with E-state index in [0.29, 0.717) is 35.7 Å². The summed E-state index contributed by atoms with van der Waals surface area (Å²) in [6.45, 7) is 8.80. The van der Waals surface area contributed by atoms with Gasteiger partial charge in [0.05, 0.1) is 16.9 Å². The van der Waals surface area contributed by atoms with Crippen molar-refractivity contribution in [1.29, 1.82) is 0 Å².